The second-order valence-electron chi connectivity index (χ2n) is 7.51. The van der Waals surface area contributed by atoms with Crippen molar-refractivity contribution in [3.8, 4) is 0 Å². The Labute approximate surface area is 123 Å². The molecular formula is C17H29ClO. The SMILES string of the molecule is CC1CCC(OC2CC(Cl)C23CCCCC3)CC1C. The first-order chi connectivity index (χ1) is 9.12. The minimum atomic E-state index is 0.353. The number of rotatable bonds is 2. The number of halogens is 1. The van der Waals surface area contributed by atoms with Crippen molar-refractivity contribution in [2.24, 2.45) is 17.3 Å². The van der Waals surface area contributed by atoms with Crippen LogP contribution in [0.25, 0.3) is 0 Å². The molecule has 0 radical (unpaired) electrons. The predicted octanol–water partition coefficient (Wildman–Crippen LogP) is 5.16. The molecule has 3 fully saturated rings. The summed E-state index contributed by atoms with van der Waals surface area (Å²) in [5, 5.41) is 0.387. The highest BCUT2D eigenvalue weighted by Gasteiger charge is 2.55. The standard InChI is InChI=1S/C17H29ClO/c1-12-6-7-14(10-13(12)2)19-16-11-15(18)17(16)8-4-3-5-9-17/h12-16H,3-11H2,1-2H3. The van der Waals surface area contributed by atoms with Crippen LogP contribution in [0.5, 0.6) is 0 Å². The Morgan fingerprint density at radius 2 is 1.68 bits per heavy atom. The molecule has 0 amide bonds. The van der Waals surface area contributed by atoms with Crippen LogP contribution in [0.2, 0.25) is 0 Å². The second kappa shape index (κ2) is 5.56. The summed E-state index contributed by atoms with van der Waals surface area (Å²) < 4.78 is 6.53. The maximum Gasteiger partial charge on any atom is 0.0663 e. The van der Waals surface area contributed by atoms with Crippen molar-refractivity contribution in [2.45, 2.75) is 89.2 Å². The molecule has 3 aliphatic carbocycles. The largest absolute Gasteiger partial charge is 0.374 e. The third-order valence-electron chi connectivity index (χ3n) is 6.38. The van der Waals surface area contributed by atoms with Gasteiger partial charge in [0, 0.05) is 10.8 Å². The number of alkyl halides is 1. The van der Waals surface area contributed by atoms with Crippen molar-refractivity contribution < 1.29 is 4.74 Å². The topological polar surface area (TPSA) is 9.23 Å². The third kappa shape index (κ3) is 2.58. The lowest BCUT2D eigenvalue weighted by atomic mass is 9.58. The van der Waals surface area contributed by atoms with E-state index >= 15 is 0 Å². The molecule has 1 spiro atoms. The van der Waals surface area contributed by atoms with Crippen LogP contribution in [0.15, 0.2) is 0 Å². The van der Waals surface area contributed by atoms with E-state index in [1.54, 1.807) is 0 Å². The Hall–Kier alpha value is 0.250. The van der Waals surface area contributed by atoms with E-state index in [9.17, 15) is 0 Å². The lowest BCUT2D eigenvalue weighted by molar-refractivity contribution is -0.164. The van der Waals surface area contributed by atoms with Gasteiger partial charge in [-0.2, -0.15) is 0 Å². The summed E-state index contributed by atoms with van der Waals surface area (Å²) in [4.78, 5) is 0. The maximum atomic E-state index is 6.57. The highest BCUT2D eigenvalue weighted by atomic mass is 35.5. The monoisotopic (exact) mass is 284 g/mol. The average Bonchev–Trinajstić information content (AvgIpc) is 2.43. The molecule has 3 saturated carbocycles. The van der Waals surface area contributed by atoms with Gasteiger partial charge in [-0.15, -0.1) is 11.6 Å². The van der Waals surface area contributed by atoms with Crippen LogP contribution in [0.1, 0.15) is 71.6 Å². The lowest BCUT2D eigenvalue weighted by Crippen LogP contribution is -2.57. The van der Waals surface area contributed by atoms with Crippen molar-refractivity contribution in [3.63, 3.8) is 0 Å². The van der Waals surface area contributed by atoms with Gasteiger partial charge in [0.05, 0.1) is 12.2 Å². The Bertz CT molecular complexity index is 310. The highest BCUT2D eigenvalue weighted by Crippen LogP contribution is 2.56. The average molecular weight is 285 g/mol. The van der Waals surface area contributed by atoms with Crippen LogP contribution >= 0.6 is 11.6 Å². The molecule has 1 nitrogen and oxygen atoms in total. The molecular weight excluding hydrogens is 256 g/mol. The second-order valence-corrected chi connectivity index (χ2v) is 8.04. The normalized spacial score (nSPS) is 45.9. The first-order valence-corrected chi connectivity index (χ1v) is 8.85. The molecule has 0 aromatic heterocycles. The molecule has 0 aliphatic heterocycles. The summed E-state index contributed by atoms with van der Waals surface area (Å²) in [5.41, 5.74) is 0.353. The van der Waals surface area contributed by atoms with E-state index in [4.69, 9.17) is 16.3 Å². The molecule has 5 unspecified atom stereocenters. The van der Waals surface area contributed by atoms with Crippen LogP contribution in [0.3, 0.4) is 0 Å². The first kappa shape index (κ1) is 14.2. The van der Waals surface area contributed by atoms with Crippen LogP contribution in [0.4, 0.5) is 0 Å². The molecule has 0 heterocycles. The van der Waals surface area contributed by atoms with E-state index in [1.807, 2.05) is 0 Å². The zero-order valence-corrected chi connectivity index (χ0v) is 13.3. The number of hydrogen-bond donors (Lipinski definition) is 0. The molecule has 3 aliphatic rings. The molecule has 0 aromatic carbocycles. The van der Waals surface area contributed by atoms with E-state index in [-0.39, 0.29) is 0 Å². The summed E-state index contributed by atoms with van der Waals surface area (Å²) >= 11 is 6.57. The van der Waals surface area contributed by atoms with Gasteiger partial charge < -0.3 is 4.74 Å². The maximum absolute atomic E-state index is 6.57. The van der Waals surface area contributed by atoms with Crippen LogP contribution in [-0.2, 0) is 4.74 Å². The first-order valence-electron chi connectivity index (χ1n) is 8.41. The van der Waals surface area contributed by atoms with Crippen molar-refractivity contribution in [1.82, 2.24) is 0 Å². The zero-order chi connectivity index (χ0) is 13.5. The van der Waals surface area contributed by atoms with Gasteiger partial charge in [0.1, 0.15) is 0 Å². The molecule has 0 N–H and O–H groups in total. The Balaban J connectivity index is 1.58. The Morgan fingerprint density at radius 1 is 0.947 bits per heavy atom. The van der Waals surface area contributed by atoms with E-state index < -0.39 is 0 Å². The predicted molar refractivity (Wildman–Crippen MR) is 80.6 cm³/mol. The van der Waals surface area contributed by atoms with Crippen LogP contribution in [0, 0.1) is 17.3 Å². The summed E-state index contributed by atoms with van der Waals surface area (Å²) in [7, 11) is 0. The van der Waals surface area contributed by atoms with Gasteiger partial charge in [0.25, 0.3) is 0 Å². The van der Waals surface area contributed by atoms with Crippen molar-refractivity contribution in [3.05, 3.63) is 0 Å². The van der Waals surface area contributed by atoms with Gasteiger partial charge >= 0.3 is 0 Å². The highest BCUT2D eigenvalue weighted by molar-refractivity contribution is 6.21. The third-order valence-corrected chi connectivity index (χ3v) is 6.99. The van der Waals surface area contributed by atoms with Gasteiger partial charge in [0.2, 0.25) is 0 Å². The summed E-state index contributed by atoms with van der Waals surface area (Å²) in [5.74, 6) is 1.71. The van der Waals surface area contributed by atoms with Gasteiger partial charge in [-0.25, -0.2) is 0 Å². The molecule has 2 heteroatoms. The minimum absolute atomic E-state index is 0.353. The minimum Gasteiger partial charge on any atom is -0.374 e. The quantitative estimate of drug-likeness (QED) is 0.637. The van der Waals surface area contributed by atoms with E-state index in [1.165, 1.54) is 51.4 Å². The van der Waals surface area contributed by atoms with Gasteiger partial charge in [0.15, 0.2) is 0 Å². The zero-order valence-electron chi connectivity index (χ0n) is 12.5. The number of hydrogen-bond acceptors (Lipinski definition) is 1. The molecule has 0 aromatic rings. The van der Waals surface area contributed by atoms with Gasteiger partial charge in [-0.3, -0.25) is 0 Å². The molecule has 5 atom stereocenters. The van der Waals surface area contributed by atoms with E-state index in [0.29, 0.717) is 23.0 Å². The molecule has 3 rings (SSSR count). The van der Waals surface area contributed by atoms with E-state index in [0.717, 1.165) is 18.3 Å². The fourth-order valence-electron chi connectivity index (χ4n) is 4.59. The van der Waals surface area contributed by atoms with Crippen molar-refractivity contribution >= 4 is 11.6 Å². The molecule has 0 bridgehead atoms. The summed E-state index contributed by atoms with van der Waals surface area (Å²) in [6.07, 6.45) is 12.7. The smallest absolute Gasteiger partial charge is 0.0663 e. The summed E-state index contributed by atoms with van der Waals surface area (Å²) in [6.45, 7) is 4.78. The Kier molecular flexibility index (Phi) is 4.16. The fraction of sp³-hybridized carbons (Fsp3) is 1.00. The molecule has 19 heavy (non-hydrogen) atoms. The van der Waals surface area contributed by atoms with Gasteiger partial charge in [-0.1, -0.05) is 33.1 Å². The molecule has 110 valence electrons. The lowest BCUT2D eigenvalue weighted by Gasteiger charge is -2.56. The van der Waals surface area contributed by atoms with E-state index in [2.05, 4.69) is 13.8 Å². The van der Waals surface area contributed by atoms with Crippen LogP contribution < -0.4 is 0 Å². The Morgan fingerprint density at radius 3 is 2.32 bits per heavy atom. The van der Waals surface area contributed by atoms with Crippen molar-refractivity contribution in [1.29, 1.82) is 0 Å². The van der Waals surface area contributed by atoms with Crippen molar-refractivity contribution in [2.75, 3.05) is 0 Å². The van der Waals surface area contributed by atoms with Crippen LogP contribution in [-0.4, -0.2) is 17.6 Å². The number of ether oxygens (including phenoxy) is 1. The molecule has 0 saturated heterocycles. The fourth-order valence-corrected chi connectivity index (χ4v) is 5.11. The van der Waals surface area contributed by atoms with Gasteiger partial charge in [-0.05, 0) is 50.4 Å². The summed E-state index contributed by atoms with van der Waals surface area (Å²) in [6, 6.07) is 0.